The number of imidazole rings is 1. The third-order valence-electron chi connectivity index (χ3n) is 4.66. The Balaban J connectivity index is 1.58. The van der Waals surface area contributed by atoms with Gasteiger partial charge in [-0.2, -0.15) is 0 Å². The number of ether oxygens (including phenoxy) is 2. The van der Waals surface area contributed by atoms with Crippen molar-refractivity contribution in [1.29, 1.82) is 0 Å². The van der Waals surface area contributed by atoms with Gasteiger partial charge in [0.15, 0.2) is 5.82 Å². The number of aryl methyl sites for hydroxylation is 2. The number of H-pyrrole nitrogens is 1. The minimum absolute atomic E-state index is 0.434. The van der Waals surface area contributed by atoms with Crippen molar-refractivity contribution in [3.05, 3.63) is 76.8 Å². The molecule has 0 unspecified atom stereocenters. The van der Waals surface area contributed by atoms with Gasteiger partial charge in [-0.3, -0.25) is 9.97 Å². The molecule has 0 bridgehead atoms. The van der Waals surface area contributed by atoms with Gasteiger partial charge in [-0.1, -0.05) is 17.7 Å². The second kappa shape index (κ2) is 8.55. The normalized spacial score (nSPS) is 10.8. The lowest BCUT2D eigenvalue weighted by atomic mass is 10.1. The van der Waals surface area contributed by atoms with Gasteiger partial charge in [0.25, 0.3) is 0 Å². The molecule has 0 aliphatic carbocycles. The van der Waals surface area contributed by atoms with Gasteiger partial charge in [0.05, 0.1) is 17.8 Å². The molecule has 0 saturated carbocycles. The van der Waals surface area contributed by atoms with Crippen LogP contribution in [0.15, 0.2) is 54.9 Å². The van der Waals surface area contributed by atoms with Gasteiger partial charge in [0, 0.05) is 41.0 Å². The number of nitrogens with zero attached hydrogens (tertiary/aromatic N) is 3. The van der Waals surface area contributed by atoms with E-state index in [0.717, 1.165) is 33.9 Å². The Hall–Kier alpha value is -3.38. The third-order valence-corrected chi connectivity index (χ3v) is 4.88. The zero-order valence-corrected chi connectivity index (χ0v) is 17.7. The second-order valence-corrected chi connectivity index (χ2v) is 7.32. The summed E-state index contributed by atoms with van der Waals surface area (Å²) in [5.41, 5.74) is 5.29. The lowest BCUT2D eigenvalue weighted by Gasteiger charge is -2.11. The Morgan fingerprint density at radius 3 is 2.57 bits per heavy atom. The van der Waals surface area contributed by atoms with Crippen molar-refractivity contribution < 1.29 is 9.47 Å². The molecule has 0 amide bonds. The third kappa shape index (κ3) is 4.28. The molecule has 1 N–H and O–H groups in total. The summed E-state index contributed by atoms with van der Waals surface area (Å²) < 4.78 is 11.5. The summed E-state index contributed by atoms with van der Waals surface area (Å²) in [4.78, 5) is 16.6. The average Bonchev–Trinajstić information content (AvgIpc) is 3.15. The number of methoxy groups -OCH3 is 1. The number of aromatic nitrogens is 4. The van der Waals surface area contributed by atoms with Crippen molar-refractivity contribution >= 4 is 11.6 Å². The Morgan fingerprint density at radius 1 is 1.00 bits per heavy atom. The molecular formula is C23H21ClN4O2. The minimum Gasteiger partial charge on any atom is -0.496 e. The molecule has 0 saturated heterocycles. The molecule has 30 heavy (non-hydrogen) atoms. The second-order valence-electron chi connectivity index (χ2n) is 6.88. The topological polar surface area (TPSA) is 72.9 Å². The molecule has 7 heteroatoms. The number of rotatable bonds is 6. The Bertz CT molecular complexity index is 1160. The summed E-state index contributed by atoms with van der Waals surface area (Å²) >= 11 is 5.93. The summed E-state index contributed by atoms with van der Waals surface area (Å²) in [5.74, 6) is 2.07. The van der Waals surface area contributed by atoms with Crippen molar-refractivity contribution in [3.63, 3.8) is 0 Å². The van der Waals surface area contributed by atoms with Gasteiger partial charge < -0.3 is 14.5 Å². The summed E-state index contributed by atoms with van der Waals surface area (Å²) in [6.07, 6.45) is 3.42. The maximum atomic E-state index is 5.93. The van der Waals surface area contributed by atoms with E-state index < -0.39 is 0 Å². The van der Waals surface area contributed by atoms with Crippen LogP contribution in [0.4, 0.5) is 0 Å². The molecule has 0 fully saturated rings. The van der Waals surface area contributed by atoms with Crippen LogP contribution in [0.5, 0.6) is 11.5 Å². The SMILES string of the molecule is COc1cc(OCc2ccc(C)nc2)ccc1-c1nc(-c2ccc(Cl)cn2)[nH]c1C. The van der Waals surface area contributed by atoms with E-state index in [1.54, 1.807) is 19.4 Å². The van der Waals surface area contributed by atoms with Crippen LogP contribution >= 0.6 is 11.6 Å². The predicted octanol–water partition coefficient (Wildman–Crippen LogP) is 5.39. The number of hydrogen-bond donors (Lipinski definition) is 1. The molecule has 0 atom stereocenters. The van der Waals surface area contributed by atoms with Crippen molar-refractivity contribution in [3.8, 4) is 34.3 Å². The summed E-state index contributed by atoms with van der Waals surface area (Å²) in [5, 5.41) is 0.584. The van der Waals surface area contributed by atoms with E-state index in [1.807, 2.05) is 56.4 Å². The van der Waals surface area contributed by atoms with Gasteiger partial charge >= 0.3 is 0 Å². The molecular weight excluding hydrogens is 400 g/mol. The molecule has 4 rings (SSSR count). The first-order valence-electron chi connectivity index (χ1n) is 9.45. The zero-order chi connectivity index (χ0) is 21.1. The van der Waals surface area contributed by atoms with E-state index in [1.165, 1.54) is 0 Å². The highest BCUT2D eigenvalue weighted by molar-refractivity contribution is 6.30. The van der Waals surface area contributed by atoms with Crippen LogP contribution in [0.1, 0.15) is 17.0 Å². The zero-order valence-electron chi connectivity index (χ0n) is 16.9. The molecule has 0 aliphatic heterocycles. The minimum atomic E-state index is 0.434. The lowest BCUT2D eigenvalue weighted by molar-refractivity contribution is 0.303. The maximum Gasteiger partial charge on any atom is 0.156 e. The standard InChI is InChI=1S/C23H21ClN4O2/c1-14-4-5-16(11-25-14)13-30-18-7-8-19(21(10-18)29-3)22-15(2)27-23(28-22)20-9-6-17(24)12-26-20/h4-12H,13H2,1-3H3,(H,27,28). The van der Waals surface area contributed by atoms with Crippen LogP contribution in [0.3, 0.4) is 0 Å². The number of nitrogens with one attached hydrogen (secondary N) is 1. The van der Waals surface area contributed by atoms with Gasteiger partial charge in [-0.05, 0) is 44.2 Å². The van der Waals surface area contributed by atoms with Crippen molar-refractivity contribution in [2.45, 2.75) is 20.5 Å². The van der Waals surface area contributed by atoms with Crippen LogP contribution in [0.2, 0.25) is 5.02 Å². The van der Waals surface area contributed by atoms with Crippen LogP contribution in [-0.4, -0.2) is 27.0 Å². The highest BCUT2D eigenvalue weighted by Gasteiger charge is 2.16. The Kier molecular flexibility index (Phi) is 5.68. The lowest BCUT2D eigenvalue weighted by Crippen LogP contribution is -1.98. The maximum absolute atomic E-state index is 5.93. The van der Waals surface area contributed by atoms with Crippen LogP contribution in [-0.2, 0) is 6.61 Å². The monoisotopic (exact) mass is 420 g/mol. The first kappa shape index (κ1) is 19.9. The van der Waals surface area contributed by atoms with Gasteiger partial charge in [-0.15, -0.1) is 0 Å². The fraction of sp³-hybridized carbons (Fsp3) is 0.174. The number of benzene rings is 1. The van der Waals surface area contributed by atoms with Gasteiger partial charge in [-0.25, -0.2) is 4.98 Å². The number of pyridine rings is 2. The molecule has 3 heterocycles. The summed E-state index contributed by atoms with van der Waals surface area (Å²) in [6.45, 7) is 4.36. The van der Waals surface area contributed by atoms with Crippen LogP contribution in [0.25, 0.3) is 22.8 Å². The number of hydrogen-bond acceptors (Lipinski definition) is 5. The first-order chi connectivity index (χ1) is 14.5. The van der Waals surface area contributed by atoms with E-state index in [-0.39, 0.29) is 0 Å². The fourth-order valence-corrected chi connectivity index (χ4v) is 3.18. The Labute approximate surface area is 179 Å². The molecule has 0 spiro atoms. The van der Waals surface area contributed by atoms with E-state index in [9.17, 15) is 0 Å². The van der Waals surface area contributed by atoms with Crippen molar-refractivity contribution in [2.75, 3.05) is 7.11 Å². The van der Waals surface area contributed by atoms with E-state index in [0.29, 0.717) is 29.0 Å². The summed E-state index contributed by atoms with van der Waals surface area (Å²) in [6, 6.07) is 13.3. The smallest absolute Gasteiger partial charge is 0.156 e. The summed E-state index contributed by atoms with van der Waals surface area (Å²) in [7, 11) is 1.64. The predicted molar refractivity (Wildman–Crippen MR) is 117 cm³/mol. The van der Waals surface area contributed by atoms with Crippen LogP contribution < -0.4 is 9.47 Å². The molecule has 6 nitrogen and oxygen atoms in total. The average molecular weight is 421 g/mol. The van der Waals surface area contributed by atoms with E-state index in [2.05, 4.69) is 15.0 Å². The number of halogens is 1. The molecule has 152 valence electrons. The highest BCUT2D eigenvalue weighted by atomic mass is 35.5. The molecule has 4 aromatic rings. The van der Waals surface area contributed by atoms with E-state index >= 15 is 0 Å². The van der Waals surface area contributed by atoms with E-state index in [4.69, 9.17) is 26.1 Å². The van der Waals surface area contributed by atoms with Crippen molar-refractivity contribution in [1.82, 2.24) is 19.9 Å². The fourth-order valence-electron chi connectivity index (χ4n) is 3.07. The van der Waals surface area contributed by atoms with Crippen molar-refractivity contribution in [2.24, 2.45) is 0 Å². The first-order valence-corrected chi connectivity index (χ1v) is 9.82. The largest absolute Gasteiger partial charge is 0.496 e. The molecule has 0 aliphatic rings. The Morgan fingerprint density at radius 2 is 1.87 bits per heavy atom. The molecule has 3 aromatic heterocycles. The van der Waals surface area contributed by atoms with Crippen LogP contribution in [0, 0.1) is 13.8 Å². The molecule has 0 radical (unpaired) electrons. The van der Waals surface area contributed by atoms with Gasteiger partial charge in [0.2, 0.25) is 0 Å². The quantitative estimate of drug-likeness (QED) is 0.452. The number of aromatic amines is 1. The van der Waals surface area contributed by atoms with Gasteiger partial charge in [0.1, 0.15) is 23.8 Å². The highest BCUT2D eigenvalue weighted by Crippen LogP contribution is 2.35. The molecule has 1 aromatic carbocycles.